The molecule has 90 valence electrons. The number of methoxy groups -OCH3 is 1. The Morgan fingerprint density at radius 3 is 2.73 bits per heavy atom. The lowest BCUT2D eigenvalue weighted by molar-refractivity contribution is 0.134. The number of aliphatic hydroxyl groups is 1. The second kappa shape index (κ2) is 5.79. The molecule has 0 amide bonds. The Bertz CT molecular complexity index is 278. The van der Waals surface area contributed by atoms with E-state index in [-0.39, 0.29) is 24.4 Å². The number of hydrogen-bond acceptors (Lipinski definition) is 4. The van der Waals surface area contributed by atoms with Gasteiger partial charge in [0.05, 0.1) is 18.5 Å². The fourth-order valence-electron chi connectivity index (χ4n) is 1.75. The maximum atomic E-state index is 11.4. The standard InChI is InChI=1S/C9H19NO4S/c1-14-5-6-15(12,13)10-7-8-3-2-4-9(8)11/h8-11H,2-7H2,1H3. The third-order valence-corrected chi connectivity index (χ3v) is 4.05. The molecule has 6 heteroatoms. The number of hydrogen-bond donors (Lipinski definition) is 2. The van der Waals surface area contributed by atoms with Crippen molar-refractivity contribution in [3.63, 3.8) is 0 Å². The number of rotatable bonds is 6. The van der Waals surface area contributed by atoms with E-state index in [1.165, 1.54) is 7.11 Å². The molecule has 0 heterocycles. The zero-order chi connectivity index (χ0) is 11.3. The van der Waals surface area contributed by atoms with E-state index >= 15 is 0 Å². The molecule has 2 unspecified atom stereocenters. The summed E-state index contributed by atoms with van der Waals surface area (Å²) in [7, 11) is -1.77. The molecule has 1 aliphatic carbocycles. The van der Waals surface area contributed by atoms with Gasteiger partial charge in [-0.1, -0.05) is 6.42 Å². The largest absolute Gasteiger partial charge is 0.393 e. The summed E-state index contributed by atoms with van der Waals surface area (Å²) in [6.07, 6.45) is 2.31. The summed E-state index contributed by atoms with van der Waals surface area (Å²) in [5.41, 5.74) is 0. The molecular formula is C9H19NO4S. The molecule has 1 aliphatic rings. The first-order valence-electron chi connectivity index (χ1n) is 5.19. The summed E-state index contributed by atoms with van der Waals surface area (Å²) in [4.78, 5) is 0. The fraction of sp³-hybridized carbons (Fsp3) is 1.00. The van der Waals surface area contributed by atoms with Gasteiger partial charge in [0.15, 0.2) is 0 Å². The van der Waals surface area contributed by atoms with Crippen molar-refractivity contribution in [3.05, 3.63) is 0 Å². The van der Waals surface area contributed by atoms with E-state index in [9.17, 15) is 13.5 Å². The van der Waals surface area contributed by atoms with Gasteiger partial charge in [-0.2, -0.15) is 0 Å². The number of sulfonamides is 1. The maximum absolute atomic E-state index is 11.4. The molecule has 1 saturated carbocycles. The average molecular weight is 237 g/mol. The molecule has 1 rings (SSSR count). The zero-order valence-corrected chi connectivity index (χ0v) is 9.79. The van der Waals surface area contributed by atoms with E-state index in [2.05, 4.69) is 4.72 Å². The van der Waals surface area contributed by atoms with Crippen LogP contribution in [0.15, 0.2) is 0 Å². The summed E-state index contributed by atoms with van der Waals surface area (Å²) >= 11 is 0. The SMILES string of the molecule is COCCS(=O)(=O)NCC1CCCC1O. The van der Waals surface area contributed by atoms with Crippen molar-refractivity contribution >= 4 is 10.0 Å². The third-order valence-electron chi connectivity index (χ3n) is 2.74. The molecular weight excluding hydrogens is 218 g/mol. The van der Waals surface area contributed by atoms with Crippen LogP contribution in [0.5, 0.6) is 0 Å². The van der Waals surface area contributed by atoms with Crippen molar-refractivity contribution in [2.75, 3.05) is 26.0 Å². The minimum absolute atomic E-state index is 0.0215. The molecule has 0 saturated heterocycles. The van der Waals surface area contributed by atoms with Gasteiger partial charge < -0.3 is 9.84 Å². The highest BCUT2D eigenvalue weighted by molar-refractivity contribution is 7.89. The van der Waals surface area contributed by atoms with Crippen LogP contribution in [-0.2, 0) is 14.8 Å². The summed E-state index contributed by atoms with van der Waals surface area (Å²) < 4.78 is 30.0. The lowest BCUT2D eigenvalue weighted by Gasteiger charge is -2.14. The Balaban J connectivity index is 2.29. The highest BCUT2D eigenvalue weighted by Gasteiger charge is 2.26. The Morgan fingerprint density at radius 2 is 2.20 bits per heavy atom. The van der Waals surface area contributed by atoms with Crippen molar-refractivity contribution in [2.45, 2.75) is 25.4 Å². The highest BCUT2D eigenvalue weighted by Crippen LogP contribution is 2.24. The van der Waals surface area contributed by atoms with Crippen LogP contribution < -0.4 is 4.72 Å². The maximum Gasteiger partial charge on any atom is 0.213 e. The first-order valence-corrected chi connectivity index (χ1v) is 6.85. The lowest BCUT2D eigenvalue weighted by atomic mass is 10.1. The van der Waals surface area contributed by atoms with Crippen molar-refractivity contribution in [3.8, 4) is 0 Å². The summed E-state index contributed by atoms with van der Waals surface area (Å²) in [5, 5.41) is 9.50. The molecule has 0 aromatic heterocycles. The van der Waals surface area contributed by atoms with Crippen molar-refractivity contribution < 1.29 is 18.3 Å². The number of ether oxygens (including phenoxy) is 1. The minimum Gasteiger partial charge on any atom is -0.393 e. The Hall–Kier alpha value is -0.170. The topological polar surface area (TPSA) is 75.6 Å². The van der Waals surface area contributed by atoms with Crippen LogP contribution in [0.25, 0.3) is 0 Å². The molecule has 0 aromatic rings. The molecule has 0 radical (unpaired) electrons. The summed E-state index contributed by atoms with van der Waals surface area (Å²) in [6.45, 7) is 0.537. The van der Waals surface area contributed by atoms with Crippen LogP contribution in [0, 0.1) is 5.92 Å². The van der Waals surface area contributed by atoms with Gasteiger partial charge >= 0.3 is 0 Å². The molecule has 2 N–H and O–H groups in total. The van der Waals surface area contributed by atoms with Crippen molar-refractivity contribution in [1.29, 1.82) is 0 Å². The van der Waals surface area contributed by atoms with Gasteiger partial charge in [0.2, 0.25) is 10.0 Å². The molecule has 0 aromatic carbocycles. The van der Waals surface area contributed by atoms with Crippen molar-refractivity contribution in [2.24, 2.45) is 5.92 Å². The highest BCUT2D eigenvalue weighted by atomic mass is 32.2. The molecule has 0 aliphatic heterocycles. The van der Waals surface area contributed by atoms with Crippen LogP contribution in [0.1, 0.15) is 19.3 Å². The first kappa shape index (κ1) is 12.9. The minimum atomic E-state index is -3.24. The van der Waals surface area contributed by atoms with Crippen LogP contribution in [0.3, 0.4) is 0 Å². The van der Waals surface area contributed by atoms with Crippen molar-refractivity contribution in [1.82, 2.24) is 4.72 Å². The fourth-order valence-corrected chi connectivity index (χ4v) is 2.75. The third kappa shape index (κ3) is 4.46. The predicted octanol–water partition coefficient (Wildman–Crippen LogP) is -0.287. The molecule has 0 spiro atoms. The van der Waals surface area contributed by atoms with E-state index in [1.54, 1.807) is 0 Å². The van der Waals surface area contributed by atoms with Gasteiger partial charge in [0, 0.05) is 13.7 Å². The van der Waals surface area contributed by atoms with Gasteiger partial charge in [-0.25, -0.2) is 13.1 Å². The predicted molar refractivity (Wildman–Crippen MR) is 57.0 cm³/mol. The zero-order valence-electron chi connectivity index (χ0n) is 8.98. The summed E-state index contributed by atoms with van der Waals surface area (Å²) in [6, 6.07) is 0. The van der Waals surface area contributed by atoms with E-state index in [4.69, 9.17) is 4.74 Å². The Morgan fingerprint density at radius 1 is 1.47 bits per heavy atom. The molecule has 2 atom stereocenters. The smallest absolute Gasteiger partial charge is 0.213 e. The van der Waals surface area contributed by atoms with E-state index in [0.29, 0.717) is 6.54 Å². The second-order valence-corrected chi connectivity index (χ2v) is 5.84. The normalized spacial score (nSPS) is 27.1. The Labute approximate surface area is 90.9 Å². The van der Waals surface area contributed by atoms with Gasteiger partial charge in [-0.3, -0.25) is 0 Å². The first-order chi connectivity index (χ1) is 7.05. The van der Waals surface area contributed by atoms with Crippen LogP contribution in [0.4, 0.5) is 0 Å². The summed E-state index contributed by atoms with van der Waals surface area (Å²) in [5.74, 6) is 0.0501. The van der Waals surface area contributed by atoms with Gasteiger partial charge in [-0.05, 0) is 18.8 Å². The quantitative estimate of drug-likeness (QED) is 0.666. The average Bonchev–Trinajstić information content (AvgIpc) is 2.58. The van der Waals surface area contributed by atoms with E-state index in [0.717, 1.165) is 19.3 Å². The number of nitrogens with one attached hydrogen (secondary N) is 1. The van der Waals surface area contributed by atoms with Crippen LogP contribution in [0.2, 0.25) is 0 Å². The Kier molecular flexibility index (Phi) is 4.98. The van der Waals surface area contributed by atoms with Gasteiger partial charge in [0.1, 0.15) is 0 Å². The molecule has 1 fully saturated rings. The second-order valence-electron chi connectivity index (χ2n) is 3.92. The van der Waals surface area contributed by atoms with Crippen LogP contribution >= 0.6 is 0 Å². The lowest BCUT2D eigenvalue weighted by Crippen LogP contribution is -2.34. The number of aliphatic hydroxyl groups excluding tert-OH is 1. The van der Waals surface area contributed by atoms with Crippen LogP contribution in [-0.4, -0.2) is 45.6 Å². The molecule has 5 nitrogen and oxygen atoms in total. The van der Waals surface area contributed by atoms with Gasteiger partial charge in [-0.15, -0.1) is 0 Å². The van der Waals surface area contributed by atoms with Gasteiger partial charge in [0.25, 0.3) is 0 Å². The van der Waals surface area contributed by atoms with E-state index < -0.39 is 10.0 Å². The molecule has 0 bridgehead atoms. The molecule has 15 heavy (non-hydrogen) atoms. The monoisotopic (exact) mass is 237 g/mol. The van der Waals surface area contributed by atoms with E-state index in [1.807, 2.05) is 0 Å².